The average Bonchev–Trinajstić information content (AvgIpc) is 3.59. The molecule has 5 aliphatic carbocycles. The molecule has 5 saturated carbocycles. The Morgan fingerprint density at radius 1 is 1.00 bits per heavy atom. The number of carbonyl (C=O) groups is 1. The zero-order valence-corrected chi connectivity index (χ0v) is 23.4. The number of aliphatic hydroxyl groups excluding tert-OH is 2. The molecule has 0 aromatic rings. The van der Waals surface area contributed by atoms with E-state index in [-0.39, 0.29) is 29.1 Å². The lowest BCUT2D eigenvalue weighted by Crippen LogP contribution is -2.62. The molecular formula is C31H53NO4. The highest BCUT2D eigenvalue weighted by molar-refractivity contribution is 5.66. The maximum atomic E-state index is 12.1. The number of fused-ring (bicyclic) bond motifs is 5. The van der Waals surface area contributed by atoms with Gasteiger partial charge in [0.25, 0.3) is 0 Å². The van der Waals surface area contributed by atoms with Crippen LogP contribution in [0.4, 0.5) is 4.79 Å². The molecule has 5 fully saturated rings. The van der Waals surface area contributed by atoms with E-state index in [1.165, 1.54) is 38.5 Å². The number of aliphatic hydroxyl groups is 2. The maximum absolute atomic E-state index is 12.1. The first-order chi connectivity index (χ1) is 17.2. The molecule has 0 spiro atoms. The Balaban J connectivity index is 1.22. The lowest BCUT2D eigenvalue weighted by molar-refractivity contribution is -0.203. The van der Waals surface area contributed by atoms with Crippen molar-refractivity contribution in [2.24, 2.45) is 58.2 Å². The van der Waals surface area contributed by atoms with Crippen LogP contribution in [0.3, 0.4) is 0 Å². The lowest BCUT2D eigenvalue weighted by atomic mass is 9.41. The largest absolute Gasteiger partial charge is 0.450 e. The quantitative estimate of drug-likeness (QED) is 0.370. The molecule has 206 valence electrons. The first-order valence-corrected chi connectivity index (χ1v) is 15.5. The molecule has 0 aliphatic heterocycles. The monoisotopic (exact) mass is 503 g/mol. The molecule has 1 amide bonds. The van der Waals surface area contributed by atoms with E-state index in [9.17, 15) is 15.0 Å². The summed E-state index contributed by atoms with van der Waals surface area (Å²) in [6, 6.07) is 0. The van der Waals surface area contributed by atoms with Gasteiger partial charge >= 0.3 is 6.09 Å². The van der Waals surface area contributed by atoms with Crippen LogP contribution in [0, 0.1) is 58.2 Å². The summed E-state index contributed by atoms with van der Waals surface area (Å²) in [6.07, 6.45) is 12.8. The molecule has 2 unspecified atom stereocenters. The summed E-state index contributed by atoms with van der Waals surface area (Å²) >= 11 is 0. The van der Waals surface area contributed by atoms with E-state index >= 15 is 0 Å². The van der Waals surface area contributed by atoms with Crippen LogP contribution in [-0.4, -0.2) is 41.7 Å². The van der Waals surface area contributed by atoms with E-state index in [2.05, 4.69) is 33.0 Å². The molecule has 0 radical (unpaired) electrons. The molecule has 36 heavy (non-hydrogen) atoms. The van der Waals surface area contributed by atoms with Crippen molar-refractivity contribution in [2.45, 2.75) is 117 Å². The van der Waals surface area contributed by atoms with Crippen LogP contribution in [-0.2, 0) is 4.74 Å². The van der Waals surface area contributed by atoms with Crippen molar-refractivity contribution >= 4 is 6.09 Å². The van der Waals surface area contributed by atoms with Gasteiger partial charge in [0.1, 0.15) is 0 Å². The van der Waals surface area contributed by atoms with Crippen LogP contribution in [0.25, 0.3) is 0 Å². The van der Waals surface area contributed by atoms with Crippen molar-refractivity contribution in [3.8, 4) is 0 Å². The second kappa shape index (κ2) is 10.4. The Kier molecular flexibility index (Phi) is 7.73. The van der Waals surface area contributed by atoms with E-state index < -0.39 is 0 Å². The van der Waals surface area contributed by atoms with Gasteiger partial charge in [0.15, 0.2) is 0 Å². The van der Waals surface area contributed by atoms with Crippen LogP contribution in [0.5, 0.6) is 0 Å². The summed E-state index contributed by atoms with van der Waals surface area (Å²) in [5.74, 6) is 4.32. The minimum atomic E-state index is -0.254. The third-order valence-corrected chi connectivity index (χ3v) is 12.5. The predicted molar refractivity (Wildman–Crippen MR) is 142 cm³/mol. The van der Waals surface area contributed by atoms with Crippen LogP contribution in [0.1, 0.15) is 105 Å². The van der Waals surface area contributed by atoms with Gasteiger partial charge in [-0.2, -0.15) is 0 Å². The van der Waals surface area contributed by atoms with Crippen molar-refractivity contribution in [3.05, 3.63) is 0 Å². The molecule has 0 saturated heterocycles. The van der Waals surface area contributed by atoms with Crippen molar-refractivity contribution in [1.29, 1.82) is 0 Å². The normalized spacial score (nSPS) is 46.8. The average molecular weight is 504 g/mol. The molecule has 11 atom stereocenters. The molecular weight excluding hydrogens is 450 g/mol. The Morgan fingerprint density at radius 2 is 1.72 bits per heavy atom. The molecule has 0 bridgehead atoms. The SMILES string of the molecule is CC[C@H]1[C@@H](O)C2[C@@H]3CC[C@H]([C@H](C)CCOC(=O)NCCC4CC4)C3(C)CC[C@@H]2[C@@]2(C)CC[C@@H](O)C[C@@H]12. The summed E-state index contributed by atoms with van der Waals surface area (Å²) in [6.45, 7) is 10.9. The first kappa shape index (κ1) is 26.8. The van der Waals surface area contributed by atoms with E-state index in [0.29, 0.717) is 48.0 Å². The van der Waals surface area contributed by atoms with Gasteiger partial charge in [-0.1, -0.05) is 47.0 Å². The standard InChI is InChI=1S/C31H53NO4/c1-5-22-26-18-21(33)10-14-31(26,4)25-11-15-30(3)23(8-9-24(30)27(25)28(22)34)19(2)13-17-36-29(35)32-16-12-20-6-7-20/h19-28,33-34H,5-18H2,1-4H3,(H,32,35)/t19-,21-,22-,23-,24+,25+,26+,27?,28-,30?,31-/m1/s1. The molecule has 0 aromatic carbocycles. The van der Waals surface area contributed by atoms with Gasteiger partial charge in [-0.15, -0.1) is 0 Å². The van der Waals surface area contributed by atoms with E-state index in [1.54, 1.807) is 0 Å². The first-order valence-electron chi connectivity index (χ1n) is 15.5. The van der Waals surface area contributed by atoms with Crippen LogP contribution in [0.2, 0.25) is 0 Å². The molecule has 5 nitrogen and oxygen atoms in total. The van der Waals surface area contributed by atoms with Crippen molar-refractivity contribution < 1.29 is 19.7 Å². The fourth-order valence-electron chi connectivity index (χ4n) is 10.3. The van der Waals surface area contributed by atoms with Gasteiger partial charge in [-0.05, 0) is 116 Å². The zero-order chi connectivity index (χ0) is 25.7. The maximum Gasteiger partial charge on any atom is 0.407 e. The van der Waals surface area contributed by atoms with E-state index in [0.717, 1.165) is 51.0 Å². The summed E-state index contributed by atoms with van der Waals surface area (Å²) in [4.78, 5) is 12.1. The number of amides is 1. The highest BCUT2D eigenvalue weighted by Crippen LogP contribution is 2.69. The number of carbonyl (C=O) groups excluding carboxylic acids is 1. The predicted octanol–water partition coefficient (Wildman–Crippen LogP) is 6.17. The number of rotatable bonds is 8. The van der Waals surface area contributed by atoms with Gasteiger partial charge in [0.2, 0.25) is 0 Å². The van der Waals surface area contributed by atoms with Crippen LogP contribution >= 0.6 is 0 Å². The number of hydrogen-bond acceptors (Lipinski definition) is 4. The van der Waals surface area contributed by atoms with Crippen LogP contribution in [0.15, 0.2) is 0 Å². The number of ether oxygens (including phenoxy) is 1. The second-order valence-corrected chi connectivity index (χ2v) is 14.2. The summed E-state index contributed by atoms with van der Waals surface area (Å²) in [5.41, 5.74) is 0.527. The number of alkyl carbamates (subject to hydrolysis) is 1. The van der Waals surface area contributed by atoms with Crippen molar-refractivity contribution in [1.82, 2.24) is 5.32 Å². The molecule has 0 aromatic heterocycles. The van der Waals surface area contributed by atoms with E-state index in [1.807, 2.05) is 0 Å². The fraction of sp³-hybridized carbons (Fsp3) is 0.968. The summed E-state index contributed by atoms with van der Waals surface area (Å²) < 4.78 is 5.55. The second-order valence-electron chi connectivity index (χ2n) is 14.2. The van der Waals surface area contributed by atoms with Gasteiger partial charge in [0, 0.05) is 6.54 Å². The third kappa shape index (κ3) is 4.74. The summed E-state index contributed by atoms with van der Waals surface area (Å²) in [7, 11) is 0. The minimum Gasteiger partial charge on any atom is -0.450 e. The molecule has 3 N–H and O–H groups in total. The molecule has 5 aliphatic rings. The number of nitrogens with one attached hydrogen (secondary N) is 1. The highest BCUT2D eigenvalue weighted by Gasteiger charge is 2.64. The Labute approximate surface area is 219 Å². The Morgan fingerprint density at radius 3 is 2.44 bits per heavy atom. The smallest absolute Gasteiger partial charge is 0.407 e. The van der Waals surface area contributed by atoms with Gasteiger partial charge in [-0.3, -0.25) is 0 Å². The Hall–Kier alpha value is -0.810. The Bertz CT molecular complexity index is 785. The fourth-order valence-corrected chi connectivity index (χ4v) is 10.3. The van der Waals surface area contributed by atoms with Gasteiger partial charge in [0.05, 0.1) is 18.8 Å². The molecule has 5 heteroatoms. The van der Waals surface area contributed by atoms with Gasteiger partial charge in [-0.25, -0.2) is 4.79 Å². The third-order valence-electron chi connectivity index (χ3n) is 12.5. The minimum absolute atomic E-state index is 0.186. The highest BCUT2D eigenvalue weighted by atomic mass is 16.5. The number of hydrogen-bond donors (Lipinski definition) is 3. The van der Waals surface area contributed by atoms with Crippen molar-refractivity contribution in [2.75, 3.05) is 13.2 Å². The zero-order valence-electron chi connectivity index (χ0n) is 23.4. The topological polar surface area (TPSA) is 78.8 Å². The molecule has 0 heterocycles. The molecule has 5 rings (SSSR count). The lowest BCUT2D eigenvalue weighted by Gasteiger charge is -2.64. The van der Waals surface area contributed by atoms with Gasteiger partial charge < -0.3 is 20.3 Å². The van der Waals surface area contributed by atoms with E-state index in [4.69, 9.17) is 4.74 Å². The van der Waals surface area contributed by atoms with Crippen LogP contribution < -0.4 is 5.32 Å². The van der Waals surface area contributed by atoms with Crippen molar-refractivity contribution in [3.63, 3.8) is 0 Å². The summed E-state index contributed by atoms with van der Waals surface area (Å²) in [5, 5.41) is 25.3.